The van der Waals surface area contributed by atoms with Crippen LogP contribution in [0.25, 0.3) is 0 Å². The minimum absolute atomic E-state index is 0.0394. The Bertz CT molecular complexity index is 812. The zero-order chi connectivity index (χ0) is 18.4. The molecule has 0 aliphatic carbocycles. The van der Waals surface area contributed by atoms with Gasteiger partial charge in [-0.05, 0) is 37.6 Å². The number of amides is 1. The maximum Gasteiger partial charge on any atom is 0.256 e. The molecule has 0 fully saturated rings. The molecule has 0 spiro atoms. The van der Waals surface area contributed by atoms with Crippen LogP contribution in [-0.2, 0) is 13.1 Å². The van der Waals surface area contributed by atoms with Crippen LogP contribution in [0.1, 0.15) is 35.5 Å². The van der Waals surface area contributed by atoms with Crippen LogP contribution in [0.4, 0.5) is 0 Å². The van der Waals surface area contributed by atoms with Gasteiger partial charge >= 0.3 is 0 Å². The van der Waals surface area contributed by atoms with Crippen LogP contribution in [0.5, 0.6) is 5.88 Å². The summed E-state index contributed by atoms with van der Waals surface area (Å²) in [6, 6.07) is 17.0. The minimum Gasteiger partial charge on any atom is -0.475 e. The van der Waals surface area contributed by atoms with Crippen LogP contribution in [0.2, 0.25) is 0 Å². The summed E-state index contributed by atoms with van der Waals surface area (Å²) < 4.78 is 11.0. The van der Waals surface area contributed by atoms with Gasteiger partial charge in [0.15, 0.2) is 0 Å². The Morgan fingerprint density at radius 2 is 1.88 bits per heavy atom. The Morgan fingerprint density at radius 1 is 1.08 bits per heavy atom. The maximum absolute atomic E-state index is 13.0. The molecule has 3 rings (SSSR count). The summed E-state index contributed by atoms with van der Waals surface area (Å²) in [5.41, 5.74) is 1.57. The highest BCUT2D eigenvalue weighted by Crippen LogP contribution is 2.16. The molecule has 2 aromatic heterocycles. The van der Waals surface area contributed by atoms with E-state index >= 15 is 0 Å². The highest BCUT2D eigenvalue weighted by molar-refractivity contribution is 5.93. The second-order valence-electron chi connectivity index (χ2n) is 6.28. The molecule has 0 radical (unpaired) electrons. The number of furan rings is 1. The van der Waals surface area contributed by atoms with Crippen molar-refractivity contribution in [2.24, 2.45) is 0 Å². The van der Waals surface area contributed by atoms with Crippen molar-refractivity contribution in [3.63, 3.8) is 0 Å². The van der Waals surface area contributed by atoms with Crippen LogP contribution in [-0.4, -0.2) is 21.9 Å². The fraction of sp³-hybridized carbons (Fsp3) is 0.238. The first-order valence-electron chi connectivity index (χ1n) is 8.60. The summed E-state index contributed by atoms with van der Waals surface area (Å²) in [6.45, 7) is 4.76. The molecule has 26 heavy (non-hydrogen) atoms. The van der Waals surface area contributed by atoms with Gasteiger partial charge in [-0.2, -0.15) is 0 Å². The molecule has 0 aliphatic rings. The van der Waals surface area contributed by atoms with E-state index in [0.29, 0.717) is 24.5 Å². The summed E-state index contributed by atoms with van der Waals surface area (Å²) in [6.07, 6.45) is 3.21. The summed E-state index contributed by atoms with van der Waals surface area (Å²) in [7, 11) is 0. The lowest BCUT2D eigenvalue weighted by Gasteiger charge is -2.22. The Balaban J connectivity index is 1.79. The van der Waals surface area contributed by atoms with Gasteiger partial charge in [0.05, 0.1) is 24.5 Å². The number of benzene rings is 1. The molecule has 0 saturated heterocycles. The van der Waals surface area contributed by atoms with Gasteiger partial charge in [-0.3, -0.25) is 4.79 Å². The molecule has 134 valence electrons. The Labute approximate surface area is 153 Å². The zero-order valence-electron chi connectivity index (χ0n) is 15.0. The van der Waals surface area contributed by atoms with Crippen molar-refractivity contribution in [2.45, 2.75) is 33.0 Å². The van der Waals surface area contributed by atoms with Gasteiger partial charge in [0, 0.05) is 18.8 Å². The highest BCUT2D eigenvalue weighted by atomic mass is 16.5. The molecular weight excluding hydrogens is 328 g/mol. The first-order chi connectivity index (χ1) is 12.6. The number of carbonyl (C=O) groups excluding carboxylic acids is 1. The van der Waals surface area contributed by atoms with E-state index in [-0.39, 0.29) is 12.0 Å². The predicted octanol–water partition coefficient (Wildman–Crippen LogP) is 4.30. The van der Waals surface area contributed by atoms with Gasteiger partial charge in [0.1, 0.15) is 5.76 Å². The molecule has 0 N–H and O–H groups in total. The van der Waals surface area contributed by atoms with E-state index in [1.54, 1.807) is 29.5 Å². The molecule has 1 aromatic carbocycles. The van der Waals surface area contributed by atoms with E-state index < -0.39 is 0 Å². The van der Waals surface area contributed by atoms with Crippen LogP contribution in [0, 0.1) is 0 Å². The van der Waals surface area contributed by atoms with Crippen molar-refractivity contribution in [3.05, 3.63) is 83.9 Å². The minimum atomic E-state index is -0.103. The maximum atomic E-state index is 13.0. The number of hydrogen-bond donors (Lipinski definition) is 0. The first kappa shape index (κ1) is 17.7. The average Bonchev–Trinajstić information content (AvgIpc) is 3.15. The van der Waals surface area contributed by atoms with E-state index in [1.807, 2.05) is 56.3 Å². The van der Waals surface area contributed by atoms with Crippen LogP contribution in [0.3, 0.4) is 0 Å². The average molecular weight is 350 g/mol. The summed E-state index contributed by atoms with van der Waals surface area (Å²) in [4.78, 5) is 19.0. The predicted molar refractivity (Wildman–Crippen MR) is 98.7 cm³/mol. The molecule has 0 aliphatic heterocycles. The van der Waals surface area contributed by atoms with Crippen LogP contribution < -0.4 is 4.74 Å². The number of pyridine rings is 1. The van der Waals surface area contributed by atoms with Crippen molar-refractivity contribution in [1.29, 1.82) is 0 Å². The van der Waals surface area contributed by atoms with E-state index in [9.17, 15) is 4.79 Å². The number of hydrogen-bond acceptors (Lipinski definition) is 4. The number of aromatic nitrogens is 1. The normalized spacial score (nSPS) is 10.7. The van der Waals surface area contributed by atoms with Gasteiger partial charge < -0.3 is 14.1 Å². The summed E-state index contributed by atoms with van der Waals surface area (Å²) in [5, 5.41) is 0. The van der Waals surface area contributed by atoms with Gasteiger partial charge in [0.2, 0.25) is 5.88 Å². The second kappa shape index (κ2) is 8.34. The number of rotatable bonds is 7. The monoisotopic (exact) mass is 350 g/mol. The lowest BCUT2D eigenvalue weighted by Crippen LogP contribution is -2.30. The Morgan fingerprint density at radius 3 is 2.50 bits per heavy atom. The van der Waals surface area contributed by atoms with E-state index in [4.69, 9.17) is 9.15 Å². The molecule has 0 atom stereocenters. The van der Waals surface area contributed by atoms with Crippen molar-refractivity contribution < 1.29 is 13.9 Å². The standard InChI is InChI=1S/C21H22N2O3/c1-16(2)26-20-11-10-18(13-22-20)21(24)23(15-19-9-6-12-25-19)14-17-7-4-3-5-8-17/h3-13,16H,14-15H2,1-2H3. The molecule has 0 saturated carbocycles. The van der Waals surface area contributed by atoms with E-state index in [0.717, 1.165) is 11.3 Å². The molecule has 0 unspecified atom stereocenters. The summed E-state index contributed by atoms with van der Waals surface area (Å²) >= 11 is 0. The van der Waals surface area contributed by atoms with Crippen molar-refractivity contribution in [3.8, 4) is 5.88 Å². The molecule has 3 aromatic rings. The van der Waals surface area contributed by atoms with Crippen LogP contribution in [0.15, 0.2) is 71.5 Å². The van der Waals surface area contributed by atoms with Gasteiger partial charge in [0.25, 0.3) is 5.91 Å². The van der Waals surface area contributed by atoms with Crippen molar-refractivity contribution in [2.75, 3.05) is 0 Å². The fourth-order valence-electron chi connectivity index (χ4n) is 2.59. The van der Waals surface area contributed by atoms with E-state index in [1.165, 1.54) is 0 Å². The van der Waals surface area contributed by atoms with Crippen molar-refractivity contribution in [1.82, 2.24) is 9.88 Å². The number of ether oxygens (including phenoxy) is 1. The third-order valence-electron chi connectivity index (χ3n) is 3.77. The quantitative estimate of drug-likeness (QED) is 0.637. The molecule has 5 nitrogen and oxygen atoms in total. The lowest BCUT2D eigenvalue weighted by atomic mass is 10.2. The topological polar surface area (TPSA) is 55.6 Å². The van der Waals surface area contributed by atoms with Crippen LogP contribution >= 0.6 is 0 Å². The van der Waals surface area contributed by atoms with Gasteiger partial charge in [-0.25, -0.2) is 4.98 Å². The Hall–Kier alpha value is -3.08. The first-order valence-corrected chi connectivity index (χ1v) is 8.60. The Kier molecular flexibility index (Phi) is 5.69. The van der Waals surface area contributed by atoms with Crippen molar-refractivity contribution >= 4 is 5.91 Å². The third-order valence-corrected chi connectivity index (χ3v) is 3.77. The zero-order valence-corrected chi connectivity index (χ0v) is 15.0. The largest absolute Gasteiger partial charge is 0.475 e. The molecule has 0 bridgehead atoms. The molecule has 5 heteroatoms. The SMILES string of the molecule is CC(C)Oc1ccc(C(=O)N(Cc2ccccc2)Cc2ccco2)cn1. The summed E-state index contributed by atoms with van der Waals surface area (Å²) in [5.74, 6) is 1.15. The highest BCUT2D eigenvalue weighted by Gasteiger charge is 2.18. The van der Waals surface area contributed by atoms with Gasteiger partial charge in [-0.15, -0.1) is 0 Å². The lowest BCUT2D eigenvalue weighted by molar-refractivity contribution is 0.0717. The van der Waals surface area contributed by atoms with Gasteiger partial charge in [-0.1, -0.05) is 30.3 Å². The molecule has 1 amide bonds. The third kappa shape index (κ3) is 4.72. The fourth-order valence-corrected chi connectivity index (χ4v) is 2.59. The number of nitrogens with zero attached hydrogens (tertiary/aromatic N) is 2. The molecule has 2 heterocycles. The van der Waals surface area contributed by atoms with E-state index in [2.05, 4.69) is 4.98 Å². The molecular formula is C21H22N2O3. The number of carbonyl (C=O) groups is 1. The smallest absolute Gasteiger partial charge is 0.256 e. The second-order valence-corrected chi connectivity index (χ2v) is 6.28.